The molecule has 0 aliphatic carbocycles. The van der Waals surface area contributed by atoms with Crippen LogP contribution in [0.15, 0.2) is 84.9 Å². The number of nitrogens with zero attached hydrogens (tertiary/aromatic N) is 1. The number of para-hydroxylation sites is 1. The second-order valence-corrected chi connectivity index (χ2v) is 10.9. The lowest BCUT2D eigenvalue weighted by atomic mass is 9.95. The van der Waals surface area contributed by atoms with Gasteiger partial charge in [0.15, 0.2) is 5.01 Å². The van der Waals surface area contributed by atoms with E-state index in [1.54, 1.807) is 0 Å². The molecule has 210 valence electrons. The van der Waals surface area contributed by atoms with Gasteiger partial charge in [-0.2, -0.15) is 0 Å². The van der Waals surface area contributed by atoms with Crippen molar-refractivity contribution in [2.45, 2.75) is 38.0 Å². The van der Waals surface area contributed by atoms with Gasteiger partial charge in [-0.15, -0.1) is 11.3 Å². The summed E-state index contributed by atoms with van der Waals surface area (Å²) in [6.07, 6.45) is 0.117. The monoisotopic (exact) mass is 570 g/mol. The Labute approximate surface area is 241 Å². The van der Waals surface area contributed by atoms with Crippen LogP contribution in [0, 0.1) is 5.92 Å². The molecule has 4 aromatic rings. The fourth-order valence-electron chi connectivity index (χ4n) is 4.75. The van der Waals surface area contributed by atoms with Gasteiger partial charge >= 0.3 is 6.09 Å². The van der Waals surface area contributed by atoms with Crippen molar-refractivity contribution in [1.29, 1.82) is 0 Å². The van der Waals surface area contributed by atoms with Gasteiger partial charge in [0.25, 0.3) is 0 Å². The van der Waals surface area contributed by atoms with Crippen LogP contribution in [0.1, 0.15) is 33.8 Å². The molecule has 1 saturated heterocycles. The van der Waals surface area contributed by atoms with Crippen LogP contribution in [0.3, 0.4) is 0 Å². The van der Waals surface area contributed by atoms with Gasteiger partial charge < -0.3 is 20.7 Å². The Balaban J connectivity index is 1.35. The molecule has 2 heterocycles. The second kappa shape index (κ2) is 13.2. The number of aromatic nitrogens is 1. The van der Waals surface area contributed by atoms with E-state index in [0.29, 0.717) is 18.5 Å². The summed E-state index contributed by atoms with van der Waals surface area (Å²) in [6.45, 7) is 0.562. The molecular formula is C31H30N4O5S. The predicted octanol–water partition coefficient (Wildman–Crippen LogP) is 4.03. The summed E-state index contributed by atoms with van der Waals surface area (Å²) in [5, 5.41) is 8.54. The van der Waals surface area contributed by atoms with Crippen molar-refractivity contribution in [2.75, 3.05) is 6.54 Å². The zero-order chi connectivity index (χ0) is 28.6. The second-order valence-electron chi connectivity index (χ2n) is 9.87. The lowest BCUT2D eigenvalue weighted by Gasteiger charge is -2.23. The number of Topliss-reactive ketones (excluding diaryl/α,β-unsaturated/α-hetero) is 1. The van der Waals surface area contributed by atoms with Crippen molar-refractivity contribution in [3.05, 3.63) is 101 Å². The van der Waals surface area contributed by atoms with Gasteiger partial charge in [-0.3, -0.25) is 14.4 Å². The first-order valence-electron chi connectivity index (χ1n) is 13.5. The Morgan fingerprint density at radius 1 is 0.902 bits per heavy atom. The average molecular weight is 571 g/mol. The number of hydrogen-bond acceptors (Lipinski definition) is 7. The van der Waals surface area contributed by atoms with E-state index in [-0.39, 0.29) is 36.1 Å². The first-order valence-corrected chi connectivity index (χ1v) is 14.3. The molecule has 1 aromatic heterocycles. The molecule has 0 unspecified atom stereocenters. The van der Waals surface area contributed by atoms with E-state index >= 15 is 0 Å². The molecular weight excluding hydrogens is 540 g/mol. The van der Waals surface area contributed by atoms with E-state index in [1.165, 1.54) is 11.3 Å². The lowest BCUT2D eigenvalue weighted by molar-refractivity contribution is -0.125. The Morgan fingerprint density at radius 3 is 2.27 bits per heavy atom. The van der Waals surface area contributed by atoms with Crippen molar-refractivity contribution in [2.24, 2.45) is 5.92 Å². The molecule has 3 N–H and O–H groups in total. The number of hydrogen-bond donors (Lipinski definition) is 3. The Morgan fingerprint density at radius 2 is 1.59 bits per heavy atom. The number of alkyl carbamates (subject to hydrolysis) is 1. The van der Waals surface area contributed by atoms with Gasteiger partial charge in [0.2, 0.25) is 17.6 Å². The summed E-state index contributed by atoms with van der Waals surface area (Å²) >= 11 is 1.24. The van der Waals surface area contributed by atoms with E-state index in [0.717, 1.165) is 15.8 Å². The molecule has 0 radical (unpaired) electrons. The number of fused-ring (bicyclic) bond motifs is 1. The maximum absolute atomic E-state index is 13.7. The summed E-state index contributed by atoms with van der Waals surface area (Å²) < 4.78 is 6.22. The highest BCUT2D eigenvalue weighted by atomic mass is 32.1. The van der Waals surface area contributed by atoms with Gasteiger partial charge in [-0.25, -0.2) is 9.78 Å². The van der Waals surface area contributed by atoms with E-state index in [4.69, 9.17) is 4.74 Å². The molecule has 1 aliphatic rings. The molecule has 1 fully saturated rings. The van der Waals surface area contributed by atoms with Gasteiger partial charge in [-0.05, 0) is 36.1 Å². The molecule has 3 amide bonds. The third-order valence-corrected chi connectivity index (χ3v) is 7.98. The van der Waals surface area contributed by atoms with E-state index in [9.17, 15) is 19.2 Å². The zero-order valence-corrected chi connectivity index (χ0v) is 23.1. The summed E-state index contributed by atoms with van der Waals surface area (Å²) in [6, 6.07) is 23.8. The fourth-order valence-corrected chi connectivity index (χ4v) is 5.71. The number of nitrogens with one attached hydrogen (secondary N) is 3. The van der Waals surface area contributed by atoms with Gasteiger partial charge in [0.05, 0.1) is 16.3 Å². The van der Waals surface area contributed by atoms with Crippen molar-refractivity contribution >= 4 is 45.2 Å². The molecule has 3 aromatic carbocycles. The third-order valence-electron chi connectivity index (χ3n) is 6.92. The first kappa shape index (κ1) is 28.0. The smallest absolute Gasteiger partial charge is 0.408 e. The molecule has 0 saturated carbocycles. The van der Waals surface area contributed by atoms with Crippen LogP contribution >= 0.6 is 11.3 Å². The highest BCUT2D eigenvalue weighted by Crippen LogP contribution is 2.25. The van der Waals surface area contributed by atoms with Crippen LogP contribution < -0.4 is 16.0 Å². The fraction of sp³-hybridized carbons (Fsp3) is 0.258. The van der Waals surface area contributed by atoms with E-state index in [1.807, 2.05) is 84.9 Å². The number of benzene rings is 3. The van der Waals surface area contributed by atoms with Crippen molar-refractivity contribution in [3.8, 4) is 0 Å². The normalized spacial score (nSPS) is 16.0. The highest BCUT2D eigenvalue weighted by molar-refractivity contribution is 7.20. The van der Waals surface area contributed by atoms with Gasteiger partial charge in [-0.1, -0.05) is 72.8 Å². The average Bonchev–Trinajstić information content (AvgIpc) is 3.62. The highest BCUT2D eigenvalue weighted by Gasteiger charge is 2.34. The van der Waals surface area contributed by atoms with Crippen LogP contribution in [-0.2, 0) is 27.4 Å². The first-order chi connectivity index (χ1) is 20.0. The minimum absolute atomic E-state index is 0.0435. The predicted molar refractivity (Wildman–Crippen MR) is 155 cm³/mol. The molecule has 41 heavy (non-hydrogen) atoms. The van der Waals surface area contributed by atoms with E-state index in [2.05, 4.69) is 20.9 Å². The molecule has 9 nitrogen and oxygen atoms in total. The lowest BCUT2D eigenvalue weighted by Crippen LogP contribution is -2.53. The maximum Gasteiger partial charge on any atom is 0.408 e. The van der Waals surface area contributed by atoms with Gasteiger partial charge in [0, 0.05) is 18.9 Å². The van der Waals surface area contributed by atoms with Gasteiger partial charge in [0.1, 0.15) is 12.6 Å². The van der Waals surface area contributed by atoms with E-state index < -0.39 is 30.0 Å². The topological polar surface area (TPSA) is 126 Å². The Bertz CT molecular complexity index is 1490. The number of ether oxygens (including phenoxy) is 1. The Kier molecular flexibility index (Phi) is 9.00. The molecule has 0 bridgehead atoms. The van der Waals surface area contributed by atoms with Crippen LogP contribution in [0.2, 0.25) is 0 Å². The van der Waals surface area contributed by atoms with Crippen LogP contribution in [-0.4, -0.2) is 47.3 Å². The van der Waals surface area contributed by atoms with Crippen molar-refractivity contribution < 1.29 is 23.9 Å². The number of ketones is 1. The summed E-state index contributed by atoms with van der Waals surface area (Å²) in [5.41, 5.74) is 2.32. The summed E-state index contributed by atoms with van der Waals surface area (Å²) in [4.78, 5) is 57.0. The number of amides is 3. The standard InChI is InChI=1S/C31H30N4O5S/c36-27(30-34-23-13-7-8-14-26(23)41-30)24(18-22-15-16-32-28(22)37)33-29(38)25(17-20-9-3-1-4-10-20)35-31(39)40-19-21-11-5-2-6-12-21/h1-14,22,24-25H,15-19H2,(H,32,37)(H,33,38)(H,35,39)/t22-,24-,25-/m0/s1. The third kappa shape index (κ3) is 7.34. The summed E-state index contributed by atoms with van der Waals surface area (Å²) in [7, 11) is 0. The minimum Gasteiger partial charge on any atom is -0.445 e. The number of carbonyl (C=O) groups is 4. The van der Waals surface area contributed by atoms with Crippen LogP contribution in [0.4, 0.5) is 4.79 Å². The van der Waals surface area contributed by atoms with Crippen molar-refractivity contribution in [3.63, 3.8) is 0 Å². The van der Waals surface area contributed by atoms with Crippen molar-refractivity contribution in [1.82, 2.24) is 20.9 Å². The number of carbonyl (C=O) groups excluding carboxylic acids is 4. The minimum atomic E-state index is -1.02. The molecule has 3 atom stereocenters. The largest absolute Gasteiger partial charge is 0.445 e. The molecule has 0 spiro atoms. The molecule has 10 heteroatoms. The molecule has 1 aliphatic heterocycles. The number of rotatable bonds is 11. The van der Waals surface area contributed by atoms with Crippen LogP contribution in [0.25, 0.3) is 10.2 Å². The molecule has 5 rings (SSSR count). The summed E-state index contributed by atoms with van der Waals surface area (Å²) in [5.74, 6) is -1.49. The zero-order valence-electron chi connectivity index (χ0n) is 22.2. The van der Waals surface area contributed by atoms with Crippen LogP contribution in [0.5, 0.6) is 0 Å². The Hall–Kier alpha value is -4.57. The quantitative estimate of drug-likeness (QED) is 0.234. The number of thiazole rings is 1. The SMILES string of the molecule is O=C(N[C@@H](Cc1ccccc1)C(=O)N[C@@H](C[C@@H]1CCNC1=O)C(=O)c1nc2ccccc2s1)OCc1ccccc1. The maximum atomic E-state index is 13.7.